The van der Waals surface area contributed by atoms with E-state index in [1.807, 2.05) is 13.8 Å². The van der Waals surface area contributed by atoms with E-state index in [0.29, 0.717) is 11.8 Å². The van der Waals surface area contributed by atoms with Crippen molar-refractivity contribution in [3.05, 3.63) is 0 Å². The van der Waals surface area contributed by atoms with Gasteiger partial charge in [-0.05, 0) is 32.6 Å². The predicted molar refractivity (Wildman–Crippen MR) is 52.7 cm³/mol. The first kappa shape index (κ1) is 10.4. The average molecular weight is 200 g/mol. The van der Waals surface area contributed by atoms with Gasteiger partial charge in [0.1, 0.15) is 6.10 Å². The first-order chi connectivity index (χ1) is 6.41. The lowest BCUT2D eigenvalue weighted by atomic mass is 9.84. The van der Waals surface area contributed by atoms with Gasteiger partial charge in [0.15, 0.2) is 12.1 Å². The van der Waals surface area contributed by atoms with E-state index in [1.165, 1.54) is 0 Å². The van der Waals surface area contributed by atoms with Crippen LogP contribution in [0.25, 0.3) is 0 Å². The molecule has 82 valence electrons. The molecule has 0 spiro atoms. The highest BCUT2D eigenvalue weighted by atomic mass is 16.8. The van der Waals surface area contributed by atoms with E-state index < -0.39 is 5.79 Å². The number of rotatable bonds is 0. The lowest BCUT2D eigenvalue weighted by Crippen LogP contribution is -2.46. The molecule has 0 aromatic rings. The standard InChI is InChI=1S/C11H20O3/c1-6-7(2)9-10(12-8(6)3)14-11(4,5)13-9/h6-10H,1-5H3/t6-,7?,8-,9-,10?/m0/s1. The lowest BCUT2D eigenvalue weighted by molar-refractivity contribution is -0.220. The Bertz CT molecular complexity index is 227. The summed E-state index contributed by atoms with van der Waals surface area (Å²) >= 11 is 0. The van der Waals surface area contributed by atoms with Gasteiger partial charge in [-0.2, -0.15) is 0 Å². The molecule has 2 unspecified atom stereocenters. The summed E-state index contributed by atoms with van der Waals surface area (Å²) < 4.78 is 17.3. The molecule has 2 fully saturated rings. The second-order valence-corrected chi connectivity index (χ2v) is 5.03. The highest BCUT2D eigenvalue weighted by molar-refractivity contribution is 4.88. The molecule has 2 heterocycles. The first-order valence-electron chi connectivity index (χ1n) is 5.42. The van der Waals surface area contributed by atoms with Crippen LogP contribution in [0.2, 0.25) is 0 Å². The largest absolute Gasteiger partial charge is 0.347 e. The third-order valence-corrected chi connectivity index (χ3v) is 3.52. The molecular weight excluding hydrogens is 180 g/mol. The molecule has 14 heavy (non-hydrogen) atoms. The van der Waals surface area contributed by atoms with Crippen LogP contribution in [0.15, 0.2) is 0 Å². The fourth-order valence-electron chi connectivity index (χ4n) is 2.28. The zero-order valence-electron chi connectivity index (χ0n) is 9.61. The van der Waals surface area contributed by atoms with Crippen LogP contribution in [-0.4, -0.2) is 24.3 Å². The summed E-state index contributed by atoms with van der Waals surface area (Å²) in [6.45, 7) is 10.4. The molecule has 2 rings (SSSR count). The maximum Gasteiger partial charge on any atom is 0.187 e. The molecule has 0 aromatic heterocycles. The summed E-state index contributed by atoms with van der Waals surface area (Å²) in [6, 6.07) is 0. The Hall–Kier alpha value is -0.120. The lowest BCUT2D eigenvalue weighted by Gasteiger charge is -2.38. The highest BCUT2D eigenvalue weighted by Gasteiger charge is 2.50. The maximum atomic E-state index is 5.84. The minimum atomic E-state index is -0.493. The zero-order chi connectivity index (χ0) is 10.5. The van der Waals surface area contributed by atoms with Crippen molar-refractivity contribution in [3.63, 3.8) is 0 Å². The summed E-state index contributed by atoms with van der Waals surface area (Å²) in [5.41, 5.74) is 0. The Kier molecular flexibility index (Phi) is 2.37. The van der Waals surface area contributed by atoms with Crippen molar-refractivity contribution in [1.82, 2.24) is 0 Å². The zero-order valence-corrected chi connectivity index (χ0v) is 9.61. The van der Waals surface area contributed by atoms with Crippen LogP contribution in [0.1, 0.15) is 34.6 Å². The average Bonchev–Trinajstić information content (AvgIpc) is 2.37. The summed E-state index contributed by atoms with van der Waals surface area (Å²) in [6.07, 6.45) is 0.172. The van der Waals surface area contributed by atoms with E-state index in [9.17, 15) is 0 Å². The van der Waals surface area contributed by atoms with Crippen molar-refractivity contribution >= 4 is 0 Å². The molecule has 0 radical (unpaired) electrons. The minimum absolute atomic E-state index is 0.0937. The van der Waals surface area contributed by atoms with Crippen LogP contribution < -0.4 is 0 Å². The summed E-state index contributed by atoms with van der Waals surface area (Å²) in [4.78, 5) is 0. The van der Waals surface area contributed by atoms with Crippen molar-refractivity contribution in [2.45, 2.75) is 58.9 Å². The normalized spacial score (nSPS) is 51.6. The Labute approximate surface area is 85.7 Å². The van der Waals surface area contributed by atoms with Crippen molar-refractivity contribution in [2.24, 2.45) is 11.8 Å². The van der Waals surface area contributed by atoms with E-state index in [4.69, 9.17) is 14.2 Å². The molecular formula is C11H20O3. The van der Waals surface area contributed by atoms with Gasteiger partial charge in [-0.3, -0.25) is 0 Å². The van der Waals surface area contributed by atoms with Gasteiger partial charge in [0, 0.05) is 0 Å². The second-order valence-electron chi connectivity index (χ2n) is 5.03. The Morgan fingerprint density at radius 2 is 1.57 bits per heavy atom. The van der Waals surface area contributed by atoms with Gasteiger partial charge >= 0.3 is 0 Å². The molecule has 3 heteroatoms. The van der Waals surface area contributed by atoms with Crippen LogP contribution in [0.4, 0.5) is 0 Å². The van der Waals surface area contributed by atoms with Gasteiger partial charge < -0.3 is 14.2 Å². The SMILES string of the molecule is CC1[C@@H]2OC(C)(C)OC2O[C@@H](C)[C@H]1C. The fraction of sp³-hybridized carbons (Fsp3) is 1.00. The van der Waals surface area contributed by atoms with E-state index in [1.54, 1.807) is 0 Å². The van der Waals surface area contributed by atoms with Gasteiger partial charge in [-0.1, -0.05) is 13.8 Å². The van der Waals surface area contributed by atoms with Crippen LogP contribution >= 0.6 is 0 Å². The number of hydrogen-bond acceptors (Lipinski definition) is 3. The van der Waals surface area contributed by atoms with Gasteiger partial charge in [-0.15, -0.1) is 0 Å². The molecule has 0 N–H and O–H groups in total. The predicted octanol–water partition coefficient (Wildman–Crippen LogP) is 2.15. The number of ether oxygens (including phenoxy) is 3. The number of hydrogen-bond donors (Lipinski definition) is 0. The third kappa shape index (κ3) is 1.58. The molecule has 0 bridgehead atoms. The second kappa shape index (κ2) is 3.19. The topological polar surface area (TPSA) is 27.7 Å². The third-order valence-electron chi connectivity index (χ3n) is 3.52. The van der Waals surface area contributed by atoms with Crippen LogP contribution in [0, 0.1) is 11.8 Å². The Balaban J connectivity index is 2.15. The molecule has 0 amide bonds. The van der Waals surface area contributed by atoms with Gasteiger partial charge in [0.2, 0.25) is 0 Å². The molecule has 2 aliphatic rings. The fourth-order valence-corrected chi connectivity index (χ4v) is 2.28. The monoisotopic (exact) mass is 200 g/mol. The van der Waals surface area contributed by atoms with E-state index >= 15 is 0 Å². The van der Waals surface area contributed by atoms with Crippen LogP contribution in [0.5, 0.6) is 0 Å². The van der Waals surface area contributed by atoms with Crippen LogP contribution in [0.3, 0.4) is 0 Å². The quantitative estimate of drug-likeness (QED) is 0.599. The van der Waals surface area contributed by atoms with Gasteiger partial charge in [0.25, 0.3) is 0 Å². The number of fused-ring (bicyclic) bond motifs is 1. The molecule has 5 atom stereocenters. The minimum Gasteiger partial charge on any atom is -0.347 e. The highest BCUT2D eigenvalue weighted by Crippen LogP contribution is 2.41. The molecule has 0 aromatic carbocycles. The van der Waals surface area contributed by atoms with E-state index in [0.717, 1.165) is 0 Å². The van der Waals surface area contributed by atoms with Crippen LogP contribution in [-0.2, 0) is 14.2 Å². The van der Waals surface area contributed by atoms with E-state index in [2.05, 4.69) is 20.8 Å². The van der Waals surface area contributed by atoms with E-state index in [-0.39, 0.29) is 18.5 Å². The summed E-state index contributed by atoms with van der Waals surface area (Å²) in [5, 5.41) is 0. The van der Waals surface area contributed by atoms with Gasteiger partial charge in [0.05, 0.1) is 6.10 Å². The van der Waals surface area contributed by atoms with Gasteiger partial charge in [-0.25, -0.2) is 0 Å². The maximum absolute atomic E-state index is 5.84. The van der Waals surface area contributed by atoms with Crippen molar-refractivity contribution in [2.75, 3.05) is 0 Å². The smallest absolute Gasteiger partial charge is 0.187 e. The summed E-state index contributed by atoms with van der Waals surface area (Å²) in [5.74, 6) is 0.521. The Morgan fingerprint density at radius 3 is 2.21 bits per heavy atom. The molecule has 2 aliphatic heterocycles. The molecule has 0 aliphatic carbocycles. The molecule has 3 nitrogen and oxygen atoms in total. The Morgan fingerprint density at radius 1 is 0.929 bits per heavy atom. The van der Waals surface area contributed by atoms with Crippen molar-refractivity contribution in [1.29, 1.82) is 0 Å². The van der Waals surface area contributed by atoms with Crippen molar-refractivity contribution < 1.29 is 14.2 Å². The molecule has 0 saturated carbocycles. The summed E-state index contributed by atoms with van der Waals surface area (Å²) in [7, 11) is 0. The van der Waals surface area contributed by atoms with Crippen molar-refractivity contribution in [3.8, 4) is 0 Å². The molecule has 2 saturated heterocycles. The first-order valence-corrected chi connectivity index (χ1v) is 5.42.